The second kappa shape index (κ2) is 7.30. The van der Waals surface area contributed by atoms with Gasteiger partial charge >= 0.3 is 0 Å². The van der Waals surface area contributed by atoms with Gasteiger partial charge in [0.25, 0.3) is 5.91 Å². The van der Waals surface area contributed by atoms with Crippen molar-refractivity contribution in [2.24, 2.45) is 0 Å². The maximum absolute atomic E-state index is 12.8. The number of thiazole rings is 1. The van der Waals surface area contributed by atoms with Gasteiger partial charge in [-0.2, -0.15) is 0 Å². The predicted molar refractivity (Wildman–Crippen MR) is 112 cm³/mol. The molecule has 0 aliphatic rings. The number of fused-ring (bicyclic) bond motifs is 1. The fourth-order valence-electron chi connectivity index (χ4n) is 2.74. The Labute approximate surface area is 163 Å². The number of hydrogen-bond donors (Lipinski definition) is 2. The highest BCUT2D eigenvalue weighted by Gasteiger charge is 2.16. The molecule has 2 aromatic carbocycles. The molecule has 27 heavy (non-hydrogen) atoms. The summed E-state index contributed by atoms with van der Waals surface area (Å²) in [5.74, 6) is -0.302. The summed E-state index contributed by atoms with van der Waals surface area (Å²) in [6.07, 6.45) is 0. The van der Waals surface area contributed by atoms with Crippen LogP contribution in [0.2, 0.25) is 0 Å². The number of benzene rings is 2. The lowest BCUT2D eigenvalue weighted by Crippen LogP contribution is -2.10. The summed E-state index contributed by atoms with van der Waals surface area (Å²) < 4.78 is 0.894. The first kappa shape index (κ1) is 17.4. The topological polar surface area (TPSA) is 71.1 Å². The smallest absolute Gasteiger partial charge is 0.268 e. The van der Waals surface area contributed by atoms with Gasteiger partial charge in [-0.05, 0) is 35.2 Å². The van der Waals surface area contributed by atoms with Gasteiger partial charge in [-0.15, -0.1) is 11.3 Å². The molecule has 4 aromatic rings. The Morgan fingerprint density at radius 1 is 1.00 bits per heavy atom. The van der Waals surface area contributed by atoms with Crippen LogP contribution < -0.4 is 10.6 Å². The molecular formula is C20H15N3O2S2. The molecule has 2 N–H and O–H groups in total. The molecular weight excluding hydrogens is 378 g/mol. The van der Waals surface area contributed by atoms with Gasteiger partial charge in [0.15, 0.2) is 5.13 Å². The summed E-state index contributed by atoms with van der Waals surface area (Å²) in [4.78, 5) is 29.1. The molecule has 5 nitrogen and oxygen atoms in total. The van der Waals surface area contributed by atoms with Crippen molar-refractivity contribution >= 4 is 55.5 Å². The normalized spacial score (nSPS) is 10.7. The van der Waals surface area contributed by atoms with Crippen LogP contribution >= 0.6 is 22.7 Å². The molecule has 0 radical (unpaired) electrons. The molecule has 134 valence electrons. The first-order valence-electron chi connectivity index (χ1n) is 8.22. The molecule has 0 unspecified atom stereocenters. The molecule has 0 fully saturated rings. The summed E-state index contributed by atoms with van der Waals surface area (Å²) in [5, 5.41) is 8.09. The average molecular weight is 393 g/mol. The second-order valence-corrected chi connectivity index (χ2v) is 7.81. The van der Waals surface area contributed by atoms with Crippen molar-refractivity contribution in [1.29, 1.82) is 0 Å². The zero-order chi connectivity index (χ0) is 18.8. The van der Waals surface area contributed by atoms with Gasteiger partial charge < -0.3 is 5.32 Å². The van der Waals surface area contributed by atoms with Crippen molar-refractivity contribution in [3.8, 4) is 11.1 Å². The number of aromatic nitrogens is 1. The SMILES string of the molecule is CC(=O)Nc1ccc2nc(NC(=O)c3sccc3-c3ccccc3)sc2c1. The maximum Gasteiger partial charge on any atom is 0.268 e. The molecule has 2 heterocycles. The van der Waals surface area contributed by atoms with Crippen LogP contribution in [0.4, 0.5) is 10.8 Å². The van der Waals surface area contributed by atoms with Gasteiger partial charge in [-0.3, -0.25) is 14.9 Å². The third-order valence-corrected chi connectivity index (χ3v) is 5.73. The van der Waals surface area contributed by atoms with Crippen molar-refractivity contribution in [3.63, 3.8) is 0 Å². The molecule has 0 aliphatic heterocycles. The minimum Gasteiger partial charge on any atom is -0.326 e. The number of carbonyl (C=O) groups excluding carboxylic acids is 2. The molecule has 7 heteroatoms. The molecule has 0 atom stereocenters. The highest BCUT2D eigenvalue weighted by molar-refractivity contribution is 7.22. The van der Waals surface area contributed by atoms with E-state index in [-0.39, 0.29) is 11.8 Å². The first-order valence-corrected chi connectivity index (χ1v) is 9.92. The van der Waals surface area contributed by atoms with E-state index in [9.17, 15) is 9.59 Å². The molecule has 4 rings (SSSR count). The fourth-order valence-corrected chi connectivity index (χ4v) is 4.45. The standard InChI is InChI=1S/C20H15N3O2S2/c1-12(24)21-14-7-8-16-17(11-14)27-20(22-16)23-19(25)18-15(9-10-26-18)13-5-3-2-4-6-13/h2-11H,1H3,(H,21,24)(H,22,23,25). The lowest BCUT2D eigenvalue weighted by Gasteiger charge is -2.03. The molecule has 2 amide bonds. The Kier molecular flexibility index (Phi) is 4.70. The largest absolute Gasteiger partial charge is 0.326 e. The second-order valence-electron chi connectivity index (χ2n) is 5.87. The number of rotatable bonds is 4. The summed E-state index contributed by atoms with van der Waals surface area (Å²) in [5.41, 5.74) is 3.40. The van der Waals surface area contributed by atoms with Crippen LogP contribution in [0.25, 0.3) is 21.3 Å². The van der Waals surface area contributed by atoms with E-state index in [1.807, 2.05) is 53.9 Å². The van der Waals surface area contributed by atoms with E-state index < -0.39 is 0 Å². The van der Waals surface area contributed by atoms with E-state index in [1.54, 1.807) is 6.07 Å². The quantitative estimate of drug-likeness (QED) is 0.498. The van der Waals surface area contributed by atoms with Crippen LogP contribution in [0.3, 0.4) is 0 Å². The van der Waals surface area contributed by atoms with Gasteiger partial charge in [0.1, 0.15) is 4.88 Å². The third-order valence-electron chi connectivity index (χ3n) is 3.89. The van der Waals surface area contributed by atoms with Crippen LogP contribution in [0.5, 0.6) is 0 Å². The Bertz CT molecular complexity index is 1130. The van der Waals surface area contributed by atoms with Gasteiger partial charge in [-0.1, -0.05) is 41.7 Å². The van der Waals surface area contributed by atoms with Gasteiger partial charge in [0.05, 0.1) is 10.2 Å². The highest BCUT2D eigenvalue weighted by Crippen LogP contribution is 2.31. The number of thiophene rings is 1. The van der Waals surface area contributed by atoms with Crippen molar-refractivity contribution in [1.82, 2.24) is 4.98 Å². The van der Waals surface area contributed by atoms with E-state index in [0.717, 1.165) is 21.3 Å². The minimum atomic E-state index is -0.176. The Morgan fingerprint density at radius 3 is 2.59 bits per heavy atom. The number of anilines is 2. The first-order chi connectivity index (χ1) is 13.1. The Balaban J connectivity index is 1.59. The van der Waals surface area contributed by atoms with Crippen molar-refractivity contribution in [3.05, 3.63) is 64.9 Å². The molecule has 2 aromatic heterocycles. The molecule has 0 spiro atoms. The van der Waals surface area contributed by atoms with E-state index in [0.29, 0.717) is 15.7 Å². The van der Waals surface area contributed by atoms with Crippen LogP contribution in [-0.2, 0) is 4.79 Å². The lowest BCUT2D eigenvalue weighted by molar-refractivity contribution is -0.114. The Morgan fingerprint density at radius 2 is 1.81 bits per heavy atom. The molecule has 0 saturated carbocycles. The summed E-state index contributed by atoms with van der Waals surface area (Å²) >= 11 is 2.78. The van der Waals surface area contributed by atoms with Crippen LogP contribution in [0.1, 0.15) is 16.6 Å². The molecule has 0 saturated heterocycles. The summed E-state index contributed by atoms with van der Waals surface area (Å²) in [7, 11) is 0. The van der Waals surface area contributed by atoms with E-state index >= 15 is 0 Å². The Hall–Kier alpha value is -3.03. The van der Waals surface area contributed by atoms with Gasteiger partial charge in [0.2, 0.25) is 5.91 Å². The highest BCUT2D eigenvalue weighted by atomic mass is 32.1. The van der Waals surface area contributed by atoms with Crippen molar-refractivity contribution < 1.29 is 9.59 Å². The zero-order valence-electron chi connectivity index (χ0n) is 14.4. The summed E-state index contributed by atoms with van der Waals surface area (Å²) in [6, 6.07) is 17.3. The number of amides is 2. The van der Waals surface area contributed by atoms with E-state index in [1.165, 1.54) is 29.6 Å². The average Bonchev–Trinajstić information content (AvgIpc) is 3.28. The number of nitrogens with one attached hydrogen (secondary N) is 2. The zero-order valence-corrected chi connectivity index (χ0v) is 16.0. The maximum atomic E-state index is 12.8. The summed E-state index contributed by atoms with van der Waals surface area (Å²) in [6.45, 7) is 1.47. The predicted octanol–water partition coefficient (Wildman–Crippen LogP) is 5.24. The van der Waals surface area contributed by atoms with E-state index in [2.05, 4.69) is 15.6 Å². The van der Waals surface area contributed by atoms with Crippen LogP contribution in [0, 0.1) is 0 Å². The fraction of sp³-hybridized carbons (Fsp3) is 0.0500. The van der Waals surface area contributed by atoms with Crippen LogP contribution in [-0.4, -0.2) is 16.8 Å². The van der Waals surface area contributed by atoms with Crippen molar-refractivity contribution in [2.75, 3.05) is 10.6 Å². The third kappa shape index (κ3) is 3.74. The number of carbonyl (C=O) groups is 2. The van der Waals surface area contributed by atoms with E-state index in [4.69, 9.17) is 0 Å². The van der Waals surface area contributed by atoms with Crippen molar-refractivity contribution in [2.45, 2.75) is 6.92 Å². The van der Waals surface area contributed by atoms with Gasteiger partial charge in [-0.25, -0.2) is 4.98 Å². The minimum absolute atomic E-state index is 0.126. The number of nitrogens with zero attached hydrogens (tertiary/aromatic N) is 1. The number of hydrogen-bond acceptors (Lipinski definition) is 5. The molecule has 0 aliphatic carbocycles. The lowest BCUT2D eigenvalue weighted by atomic mass is 10.1. The molecule has 0 bridgehead atoms. The monoisotopic (exact) mass is 393 g/mol. The van der Waals surface area contributed by atoms with Crippen LogP contribution in [0.15, 0.2) is 60.0 Å². The van der Waals surface area contributed by atoms with Gasteiger partial charge in [0, 0.05) is 18.2 Å².